The zero-order valence-corrected chi connectivity index (χ0v) is 13.5. The number of carbonyl (C=O) groups excluding carboxylic acids is 2. The third-order valence-electron chi connectivity index (χ3n) is 3.98. The molecule has 2 N–H and O–H groups in total. The summed E-state index contributed by atoms with van der Waals surface area (Å²) in [7, 11) is 0. The Labute approximate surface area is 130 Å². The number of carbonyl (C=O) groups is 2. The maximum Gasteiger partial charge on any atom is 0.230 e. The standard InChI is InChI=1S/C18H22N2O2/c1-5-18(3,4)17(22)20-16-11-7-8-13-14(16)9-6-10-15(13)19-12(2)21/h6-11H,5H2,1-4H3,(H,19,21)(H,20,22). The molecule has 4 nitrogen and oxygen atoms in total. The van der Waals surface area contributed by atoms with E-state index in [9.17, 15) is 9.59 Å². The first kappa shape index (κ1) is 16.0. The summed E-state index contributed by atoms with van der Waals surface area (Å²) in [5.74, 6) is -0.124. The molecule has 2 amide bonds. The number of nitrogens with one attached hydrogen (secondary N) is 2. The third-order valence-corrected chi connectivity index (χ3v) is 3.98. The Balaban J connectivity index is 2.44. The molecule has 0 bridgehead atoms. The molecule has 0 aliphatic carbocycles. The molecule has 2 aromatic carbocycles. The van der Waals surface area contributed by atoms with Crippen LogP contribution in [0.15, 0.2) is 36.4 Å². The van der Waals surface area contributed by atoms with Gasteiger partial charge in [-0.3, -0.25) is 9.59 Å². The van der Waals surface area contributed by atoms with E-state index in [4.69, 9.17) is 0 Å². The lowest BCUT2D eigenvalue weighted by Crippen LogP contribution is -2.30. The highest BCUT2D eigenvalue weighted by molar-refractivity contribution is 6.09. The molecule has 22 heavy (non-hydrogen) atoms. The minimum atomic E-state index is -0.419. The molecule has 0 fully saturated rings. The van der Waals surface area contributed by atoms with E-state index >= 15 is 0 Å². The summed E-state index contributed by atoms with van der Waals surface area (Å²) in [5.41, 5.74) is 1.09. The average Bonchev–Trinajstić information content (AvgIpc) is 2.47. The van der Waals surface area contributed by atoms with Crippen LogP contribution >= 0.6 is 0 Å². The maximum absolute atomic E-state index is 12.4. The van der Waals surface area contributed by atoms with Crippen molar-refractivity contribution in [2.45, 2.75) is 34.1 Å². The zero-order valence-electron chi connectivity index (χ0n) is 13.5. The number of benzene rings is 2. The lowest BCUT2D eigenvalue weighted by atomic mass is 9.89. The average molecular weight is 298 g/mol. The van der Waals surface area contributed by atoms with Gasteiger partial charge < -0.3 is 10.6 Å². The second kappa shape index (κ2) is 6.18. The SMILES string of the molecule is CCC(C)(C)C(=O)Nc1cccc2c(NC(C)=O)cccc12. The van der Waals surface area contributed by atoms with Crippen LogP contribution in [0.25, 0.3) is 10.8 Å². The highest BCUT2D eigenvalue weighted by atomic mass is 16.2. The number of rotatable bonds is 4. The predicted molar refractivity (Wildman–Crippen MR) is 91.0 cm³/mol. The van der Waals surface area contributed by atoms with Crippen LogP contribution in [0.3, 0.4) is 0 Å². The minimum Gasteiger partial charge on any atom is -0.326 e. The smallest absolute Gasteiger partial charge is 0.230 e. The molecule has 0 unspecified atom stereocenters. The topological polar surface area (TPSA) is 58.2 Å². The van der Waals surface area contributed by atoms with Gasteiger partial charge in [0.25, 0.3) is 0 Å². The number of hydrogen-bond donors (Lipinski definition) is 2. The van der Waals surface area contributed by atoms with Crippen molar-refractivity contribution in [1.82, 2.24) is 0 Å². The summed E-state index contributed by atoms with van der Waals surface area (Å²) in [6.07, 6.45) is 0.765. The first-order valence-electron chi connectivity index (χ1n) is 7.46. The van der Waals surface area contributed by atoms with Crippen molar-refractivity contribution in [3.8, 4) is 0 Å². The summed E-state index contributed by atoms with van der Waals surface area (Å²) in [4.78, 5) is 23.7. The summed E-state index contributed by atoms with van der Waals surface area (Å²) in [6, 6.07) is 11.3. The highest BCUT2D eigenvalue weighted by Gasteiger charge is 2.25. The van der Waals surface area contributed by atoms with Crippen LogP contribution in [0, 0.1) is 5.41 Å². The molecule has 116 valence electrons. The zero-order chi connectivity index (χ0) is 16.3. The maximum atomic E-state index is 12.4. The van der Waals surface area contributed by atoms with E-state index in [1.807, 2.05) is 57.2 Å². The van der Waals surface area contributed by atoms with E-state index in [-0.39, 0.29) is 11.8 Å². The molecule has 0 saturated heterocycles. The lowest BCUT2D eigenvalue weighted by molar-refractivity contribution is -0.124. The molecule has 0 heterocycles. The number of anilines is 2. The van der Waals surface area contributed by atoms with Crippen molar-refractivity contribution in [3.05, 3.63) is 36.4 Å². The van der Waals surface area contributed by atoms with Crippen LogP contribution < -0.4 is 10.6 Å². The van der Waals surface area contributed by atoms with Gasteiger partial charge in [-0.2, -0.15) is 0 Å². The lowest BCUT2D eigenvalue weighted by Gasteiger charge is -2.22. The molecule has 4 heteroatoms. The van der Waals surface area contributed by atoms with Gasteiger partial charge in [0, 0.05) is 34.5 Å². The molecule has 0 saturated carbocycles. The first-order chi connectivity index (χ1) is 10.3. The molecular formula is C18H22N2O2. The van der Waals surface area contributed by atoms with Gasteiger partial charge in [-0.15, -0.1) is 0 Å². The van der Waals surface area contributed by atoms with E-state index < -0.39 is 5.41 Å². The van der Waals surface area contributed by atoms with E-state index in [2.05, 4.69) is 10.6 Å². The fraction of sp³-hybridized carbons (Fsp3) is 0.333. The summed E-state index contributed by atoms with van der Waals surface area (Å²) < 4.78 is 0. The van der Waals surface area contributed by atoms with Crippen molar-refractivity contribution < 1.29 is 9.59 Å². The van der Waals surface area contributed by atoms with Crippen LogP contribution in [0.1, 0.15) is 34.1 Å². The quantitative estimate of drug-likeness (QED) is 0.890. The molecule has 0 radical (unpaired) electrons. The van der Waals surface area contributed by atoms with Crippen molar-refractivity contribution in [3.63, 3.8) is 0 Å². The Hall–Kier alpha value is -2.36. The Morgan fingerprint density at radius 1 is 0.955 bits per heavy atom. The van der Waals surface area contributed by atoms with Crippen molar-refractivity contribution in [2.24, 2.45) is 5.41 Å². The molecule has 0 aliphatic rings. The fourth-order valence-electron chi connectivity index (χ4n) is 2.17. The van der Waals surface area contributed by atoms with Crippen LogP contribution in [-0.4, -0.2) is 11.8 Å². The van der Waals surface area contributed by atoms with Crippen molar-refractivity contribution in [2.75, 3.05) is 10.6 Å². The van der Waals surface area contributed by atoms with Gasteiger partial charge in [-0.1, -0.05) is 45.0 Å². The molecular weight excluding hydrogens is 276 g/mol. The molecule has 0 spiro atoms. The van der Waals surface area contributed by atoms with Gasteiger partial charge in [-0.25, -0.2) is 0 Å². The van der Waals surface area contributed by atoms with Crippen LogP contribution in [0.5, 0.6) is 0 Å². The fourth-order valence-corrected chi connectivity index (χ4v) is 2.17. The minimum absolute atomic E-state index is 0.00701. The Morgan fingerprint density at radius 2 is 1.45 bits per heavy atom. The largest absolute Gasteiger partial charge is 0.326 e. The third kappa shape index (κ3) is 3.27. The van der Waals surface area contributed by atoms with E-state index in [1.54, 1.807) is 0 Å². The van der Waals surface area contributed by atoms with Crippen LogP contribution in [-0.2, 0) is 9.59 Å². The van der Waals surface area contributed by atoms with Gasteiger partial charge in [0.2, 0.25) is 11.8 Å². The van der Waals surface area contributed by atoms with Crippen LogP contribution in [0.4, 0.5) is 11.4 Å². The normalized spacial score (nSPS) is 11.3. The monoisotopic (exact) mass is 298 g/mol. The van der Waals surface area contributed by atoms with Crippen molar-refractivity contribution >= 4 is 34.0 Å². The summed E-state index contributed by atoms with van der Waals surface area (Å²) in [5, 5.41) is 7.64. The van der Waals surface area contributed by atoms with Gasteiger partial charge in [-0.05, 0) is 18.6 Å². The Bertz CT molecular complexity index is 720. The first-order valence-corrected chi connectivity index (χ1v) is 7.46. The highest BCUT2D eigenvalue weighted by Crippen LogP contribution is 2.31. The van der Waals surface area contributed by atoms with E-state index in [1.165, 1.54) is 6.92 Å². The van der Waals surface area contributed by atoms with Gasteiger partial charge in [0.15, 0.2) is 0 Å². The molecule has 2 rings (SSSR count). The van der Waals surface area contributed by atoms with E-state index in [0.29, 0.717) is 0 Å². The van der Waals surface area contributed by atoms with Gasteiger partial charge >= 0.3 is 0 Å². The molecule has 2 aromatic rings. The molecule has 0 aromatic heterocycles. The Kier molecular flexibility index (Phi) is 4.50. The number of hydrogen-bond acceptors (Lipinski definition) is 2. The van der Waals surface area contributed by atoms with E-state index in [0.717, 1.165) is 28.6 Å². The van der Waals surface area contributed by atoms with Gasteiger partial charge in [0.1, 0.15) is 0 Å². The predicted octanol–water partition coefficient (Wildman–Crippen LogP) is 4.17. The molecule has 0 atom stereocenters. The molecule has 0 aliphatic heterocycles. The number of fused-ring (bicyclic) bond motifs is 1. The second-order valence-electron chi connectivity index (χ2n) is 6.08. The summed E-state index contributed by atoms with van der Waals surface area (Å²) >= 11 is 0. The van der Waals surface area contributed by atoms with Gasteiger partial charge in [0.05, 0.1) is 0 Å². The summed E-state index contributed by atoms with van der Waals surface area (Å²) in [6.45, 7) is 7.33. The Morgan fingerprint density at radius 3 is 1.91 bits per heavy atom. The van der Waals surface area contributed by atoms with Crippen molar-refractivity contribution in [1.29, 1.82) is 0 Å². The second-order valence-corrected chi connectivity index (χ2v) is 6.08. The number of amides is 2. The van der Waals surface area contributed by atoms with Crippen LogP contribution in [0.2, 0.25) is 0 Å².